The molecule has 3 atom stereocenters. The summed E-state index contributed by atoms with van der Waals surface area (Å²) >= 11 is 0. The minimum Gasteiger partial charge on any atom is -0.393 e. The van der Waals surface area contributed by atoms with E-state index in [0.29, 0.717) is 17.6 Å². The first-order valence-electron chi connectivity index (χ1n) is 8.30. The van der Waals surface area contributed by atoms with Gasteiger partial charge in [0, 0.05) is 17.5 Å². The number of likely N-dealkylation sites (tertiary alicyclic amines) is 1. The van der Waals surface area contributed by atoms with Gasteiger partial charge >= 0.3 is 0 Å². The van der Waals surface area contributed by atoms with Crippen molar-refractivity contribution >= 4 is 11.4 Å². The van der Waals surface area contributed by atoms with Crippen molar-refractivity contribution in [3.8, 4) is 0 Å². The molecule has 1 heterocycles. The molecule has 118 valence electrons. The van der Waals surface area contributed by atoms with E-state index >= 15 is 0 Å². The highest BCUT2D eigenvalue weighted by Crippen LogP contribution is 2.56. The molecule has 0 unspecified atom stereocenters. The molecule has 2 bridgehead atoms. The number of nitrogens with zero attached hydrogens (tertiary/aromatic N) is 2. The summed E-state index contributed by atoms with van der Waals surface area (Å²) < 4.78 is 0. The van der Waals surface area contributed by atoms with Gasteiger partial charge in [0.15, 0.2) is 0 Å². The molecule has 2 aliphatic carbocycles. The summed E-state index contributed by atoms with van der Waals surface area (Å²) in [5.41, 5.74) is 9.12. The summed E-state index contributed by atoms with van der Waals surface area (Å²) in [6.45, 7) is 1.12. The molecule has 1 aliphatic heterocycles. The van der Waals surface area contributed by atoms with E-state index in [0.717, 1.165) is 24.9 Å². The van der Waals surface area contributed by atoms with Crippen molar-refractivity contribution in [2.24, 2.45) is 5.92 Å². The molecule has 5 heteroatoms. The van der Waals surface area contributed by atoms with Crippen LogP contribution in [0.2, 0.25) is 0 Å². The topological polar surface area (TPSA) is 72.4 Å². The molecule has 0 radical (unpaired) electrons. The number of hydrogen-bond donors (Lipinski definition) is 1. The minimum absolute atomic E-state index is 0.0742. The zero-order chi connectivity index (χ0) is 15.5. The minimum atomic E-state index is -0.347. The van der Waals surface area contributed by atoms with Crippen LogP contribution in [-0.2, 0) is 11.8 Å². The summed E-state index contributed by atoms with van der Waals surface area (Å²) in [6, 6.07) is 4.22. The lowest BCUT2D eigenvalue weighted by Crippen LogP contribution is -2.59. The Hall–Kier alpha value is -1.62. The molecule has 1 saturated carbocycles. The summed E-state index contributed by atoms with van der Waals surface area (Å²) in [4.78, 5) is 13.3. The number of nitro benzene ring substituents is 1. The van der Waals surface area contributed by atoms with E-state index in [1.54, 1.807) is 6.07 Å². The average molecular weight is 301 g/mol. The lowest BCUT2D eigenvalue weighted by molar-refractivity contribution is -0.384. The fourth-order valence-corrected chi connectivity index (χ4v) is 5.42. The zero-order valence-electron chi connectivity index (χ0n) is 13.0. The molecule has 0 aromatic heterocycles. The Morgan fingerprint density at radius 2 is 2.18 bits per heavy atom. The van der Waals surface area contributed by atoms with Crippen molar-refractivity contribution in [1.82, 2.24) is 4.90 Å². The van der Waals surface area contributed by atoms with Crippen molar-refractivity contribution in [1.29, 1.82) is 0 Å². The highest BCUT2D eigenvalue weighted by atomic mass is 16.6. The number of fused-ring (bicyclic) bond motifs is 1. The highest BCUT2D eigenvalue weighted by Gasteiger charge is 2.53. The van der Waals surface area contributed by atoms with Gasteiger partial charge in [-0.2, -0.15) is 0 Å². The Morgan fingerprint density at radius 1 is 1.36 bits per heavy atom. The van der Waals surface area contributed by atoms with Crippen molar-refractivity contribution in [3.63, 3.8) is 0 Å². The average Bonchev–Trinajstić information content (AvgIpc) is 2.51. The molecule has 0 spiro atoms. The number of nitrogen functional groups attached to an aromatic ring is 1. The van der Waals surface area contributed by atoms with Gasteiger partial charge in [0.25, 0.3) is 5.69 Å². The normalized spacial score (nSPS) is 33.9. The maximum absolute atomic E-state index is 11.2. The van der Waals surface area contributed by atoms with E-state index in [4.69, 9.17) is 5.73 Å². The van der Waals surface area contributed by atoms with Gasteiger partial charge in [-0.3, -0.25) is 10.1 Å². The van der Waals surface area contributed by atoms with E-state index in [1.165, 1.54) is 31.2 Å². The quantitative estimate of drug-likeness (QED) is 0.492. The molecule has 22 heavy (non-hydrogen) atoms. The Morgan fingerprint density at radius 3 is 2.95 bits per heavy atom. The molecule has 4 rings (SSSR count). The molecule has 5 nitrogen and oxygen atoms in total. The van der Waals surface area contributed by atoms with Gasteiger partial charge < -0.3 is 10.6 Å². The Bertz CT molecular complexity index is 645. The number of nitro groups is 1. The van der Waals surface area contributed by atoms with E-state index < -0.39 is 0 Å². The van der Waals surface area contributed by atoms with E-state index in [1.807, 2.05) is 6.07 Å². The van der Waals surface area contributed by atoms with Crippen LogP contribution in [0.25, 0.3) is 0 Å². The van der Waals surface area contributed by atoms with Crippen LogP contribution in [0.4, 0.5) is 11.4 Å². The van der Waals surface area contributed by atoms with Crippen LogP contribution in [0.3, 0.4) is 0 Å². The highest BCUT2D eigenvalue weighted by molar-refractivity contribution is 5.64. The van der Waals surface area contributed by atoms with Crippen molar-refractivity contribution in [3.05, 3.63) is 33.4 Å². The second kappa shape index (κ2) is 4.69. The number of benzene rings is 1. The smallest absolute Gasteiger partial charge is 0.292 e. The van der Waals surface area contributed by atoms with Crippen LogP contribution in [0.1, 0.15) is 43.2 Å². The molecule has 1 aromatic rings. The number of anilines is 1. The van der Waals surface area contributed by atoms with Gasteiger partial charge in [-0.1, -0.05) is 12.8 Å². The number of nitrogens with two attached hydrogens (primary N) is 1. The van der Waals surface area contributed by atoms with Crippen LogP contribution in [0, 0.1) is 16.0 Å². The molecule has 3 aliphatic rings. The van der Waals surface area contributed by atoms with Crippen LogP contribution < -0.4 is 5.73 Å². The largest absolute Gasteiger partial charge is 0.393 e. The third-order valence-corrected chi connectivity index (χ3v) is 6.45. The van der Waals surface area contributed by atoms with E-state index in [9.17, 15) is 10.1 Å². The van der Waals surface area contributed by atoms with E-state index in [2.05, 4.69) is 11.9 Å². The summed E-state index contributed by atoms with van der Waals surface area (Å²) in [6.07, 6.45) is 7.17. The second-order valence-electron chi connectivity index (χ2n) is 7.34. The van der Waals surface area contributed by atoms with E-state index in [-0.39, 0.29) is 16.0 Å². The molecule has 1 saturated heterocycles. The lowest BCUT2D eigenvalue weighted by Gasteiger charge is -2.58. The van der Waals surface area contributed by atoms with Crippen molar-refractivity contribution in [2.75, 3.05) is 19.3 Å². The first-order chi connectivity index (χ1) is 10.5. The first-order valence-corrected chi connectivity index (χ1v) is 8.30. The van der Waals surface area contributed by atoms with Gasteiger partial charge in [-0.15, -0.1) is 0 Å². The van der Waals surface area contributed by atoms with Gasteiger partial charge in [0.1, 0.15) is 5.69 Å². The lowest BCUT2D eigenvalue weighted by atomic mass is 9.52. The van der Waals surface area contributed by atoms with Gasteiger partial charge in [0.2, 0.25) is 0 Å². The number of likely N-dealkylation sites (N-methyl/N-ethyl adjacent to an activating group) is 1. The van der Waals surface area contributed by atoms with Crippen LogP contribution in [-0.4, -0.2) is 29.5 Å². The monoisotopic (exact) mass is 301 g/mol. The summed E-state index contributed by atoms with van der Waals surface area (Å²) in [5.74, 6) is 0.688. The van der Waals surface area contributed by atoms with Gasteiger partial charge in [-0.05, 0) is 62.4 Å². The van der Waals surface area contributed by atoms with Gasteiger partial charge in [-0.25, -0.2) is 0 Å². The Kier molecular flexibility index (Phi) is 2.98. The third kappa shape index (κ3) is 1.75. The van der Waals surface area contributed by atoms with Crippen molar-refractivity contribution in [2.45, 2.75) is 50.0 Å². The molecule has 2 fully saturated rings. The second-order valence-corrected chi connectivity index (χ2v) is 7.34. The predicted octanol–water partition coefficient (Wildman–Crippen LogP) is 2.87. The predicted molar refractivity (Wildman–Crippen MR) is 85.9 cm³/mol. The number of rotatable bonds is 1. The maximum atomic E-state index is 11.2. The fraction of sp³-hybridized carbons (Fsp3) is 0.647. The standard InChI is InChI=1S/C17H23N3O2/c1-19-7-6-17-5-3-2-4-12(17)15(19)8-11-9-16(20(21)22)14(18)10-13(11)17/h9-10,12,15H,2-8,18H2,1H3/t12-,15+,17+/m0/s1. The molecular weight excluding hydrogens is 278 g/mol. The first kappa shape index (κ1) is 14.0. The summed E-state index contributed by atoms with van der Waals surface area (Å²) in [7, 11) is 2.21. The van der Waals surface area contributed by atoms with Crippen LogP contribution >= 0.6 is 0 Å². The Balaban J connectivity index is 1.91. The maximum Gasteiger partial charge on any atom is 0.292 e. The van der Waals surface area contributed by atoms with Crippen LogP contribution in [0.5, 0.6) is 0 Å². The summed E-state index contributed by atoms with van der Waals surface area (Å²) in [5, 5.41) is 11.2. The van der Waals surface area contributed by atoms with Crippen molar-refractivity contribution < 1.29 is 4.92 Å². The van der Waals surface area contributed by atoms with Gasteiger partial charge in [0.05, 0.1) is 4.92 Å². The molecular formula is C17H23N3O2. The third-order valence-electron chi connectivity index (χ3n) is 6.45. The number of hydrogen-bond acceptors (Lipinski definition) is 4. The molecule has 0 amide bonds. The Labute approximate surface area is 130 Å². The SMILES string of the molecule is CN1CC[C@]23CCCC[C@H]2[C@H]1Cc1cc([N+](=O)[O-])c(N)cc13. The fourth-order valence-electron chi connectivity index (χ4n) is 5.42. The van der Waals surface area contributed by atoms with Crippen LogP contribution in [0.15, 0.2) is 12.1 Å². The molecule has 2 N–H and O–H groups in total. The zero-order valence-corrected chi connectivity index (χ0v) is 13.0. The number of piperidine rings is 1. The molecule has 1 aromatic carbocycles.